The Morgan fingerprint density at radius 3 is 2.41 bits per heavy atom. The molecule has 122 valence electrons. The molecule has 0 aliphatic carbocycles. The van der Waals surface area contributed by atoms with Crippen molar-refractivity contribution in [2.75, 3.05) is 13.1 Å². The second-order valence-corrected chi connectivity index (χ2v) is 7.03. The van der Waals surface area contributed by atoms with Gasteiger partial charge in [0.15, 0.2) is 0 Å². The average molecular weight is 381 g/mol. The van der Waals surface area contributed by atoms with Gasteiger partial charge in [0.1, 0.15) is 5.60 Å². The zero-order valence-electron chi connectivity index (χ0n) is 12.4. The van der Waals surface area contributed by atoms with Crippen LogP contribution in [0.4, 0.5) is 18.0 Å². The molecule has 1 saturated heterocycles. The first-order valence-corrected chi connectivity index (χ1v) is 7.47. The van der Waals surface area contributed by atoms with Gasteiger partial charge < -0.3 is 9.64 Å². The minimum Gasteiger partial charge on any atom is -0.444 e. The Balaban J connectivity index is 2.01. The summed E-state index contributed by atoms with van der Waals surface area (Å²) in [6, 6.07) is 1.01. The Morgan fingerprint density at radius 1 is 1.36 bits per heavy atom. The molecule has 0 aromatic carbocycles. The molecule has 0 atom stereocenters. The van der Waals surface area contributed by atoms with Gasteiger partial charge in [0.25, 0.3) is 0 Å². The summed E-state index contributed by atoms with van der Waals surface area (Å²) in [5.41, 5.74) is -0.853. The summed E-state index contributed by atoms with van der Waals surface area (Å²) in [6.45, 7) is 6.08. The number of aromatic nitrogens is 1. The summed E-state index contributed by atoms with van der Waals surface area (Å²) >= 11 is 3.12. The van der Waals surface area contributed by atoms with E-state index in [0.29, 0.717) is 23.3 Å². The van der Waals surface area contributed by atoms with E-state index >= 15 is 0 Å². The summed E-state index contributed by atoms with van der Waals surface area (Å²) in [4.78, 5) is 17.2. The third-order valence-corrected chi connectivity index (χ3v) is 3.75. The highest BCUT2D eigenvalue weighted by atomic mass is 79.9. The lowest BCUT2D eigenvalue weighted by atomic mass is 9.96. The number of likely N-dealkylation sites (tertiary alicyclic amines) is 1. The van der Waals surface area contributed by atoms with Gasteiger partial charge in [-0.05, 0) is 42.8 Å². The topological polar surface area (TPSA) is 42.4 Å². The maximum absolute atomic E-state index is 12.6. The summed E-state index contributed by atoms with van der Waals surface area (Å²) < 4.78 is 43.3. The number of amides is 1. The lowest BCUT2D eigenvalue weighted by molar-refractivity contribution is -0.137. The lowest BCUT2D eigenvalue weighted by Crippen LogP contribution is -2.50. The number of nitrogens with zero attached hydrogens (tertiary/aromatic N) is 2. The maximum atomic E-state index is 12.6. The minimum absolute atomic E-state index is 0.0934. The van der Waals surface area contributed by atoms with E-state index in [1.165, 1.54) is 4.90 Å². The number of carbonyl (C=O) groups is 1. The molecule has 0 radical (unpaired) electrons. The molecule has 4 nitrogen and oxygen atoms in total. The average Bonchev–Trinajstić information content (AvgIpc) is 2.25. The van der Waals surface area contributed by atoms with E-state index in [1.54, 1.807) is 20.8 Å². The van der Waals surface area contributed by atoms with Crippen LogP contribution in [0, 0.1) is 0 Å². The SMILES string of the molecule is CC(C)(C)OC(=O)N1CC(c2ncc(C(F)(F)F)cc2Br)C1. The zero-order chi connectivity index (χ0) is 16.7. The first-order valence-electron chi connectivity index (χ1n) is 6.68. The standard InChI is InChI=1S/C14H16BrF3N2O2/c1-13(2,3)22-12(21)20-6-8(7-20)11-10(15)4-9(5-19-11)14(16,17)18/h4-5,8H,6-7H2,1-3H3. The molecule has 0 spiro atoms. The van der Waals surface area contributed by atoms with Gasteiger partial charge in [-0.3, -0.25) is 4.98 Å². The van der Waals surface area contributed by atoms with E-state index < -0.39 is 23.4 Å². The van der Waals surface area contributed by atoms with Crippen molar-refractivity contribution in [3.05, 3.63) is 28.0 Å². The fourth-order valence-electron chi connectivity index (χ4n) is 2.03. The van der Waals surface area contributed by atoms with Gasteiger partial charge in [0, 0.05) is 29.7 Å². The molecule has 2 heterocycles. The quantitative estimate of drug-likeness (QED) is 0.733. The minimum atomic E-state index is -4.42. The first-order chi connectivity index (χ1) is 9.97. The van der Waals surface area contributed by atoms with E-state index in [1.807, 2.05) is 0 Å². The molecule has 0 saturated carbocycles. The fourth-order valence-corrected chi connectivity index (χ4v) is 2.70. The van der Waals surface area contributed by atoms with Crippen LogP contribution in [-0.4, -0.2) is 34.7 Å². The van der Waals surface area contributed by atoms with Crippen LogP contribution in [-0.2, 0) is 10.9 Å². The van der Waals surface area contributed by atoms with Crippen molar-refractivity contribution in [2.24, 2.45) is 0 Å². The second-order valence-electron chi connectivity index (χ2n) is 6.17. The van der Waals surface area contributed by atoms with Crippen LogP contribution in [0.15, 0.2) is 16.7 Å². The molecule has 1 aliphatic rings. The molecule has 0 N–H and O–H groups in total. The predicted octanol–water partition coefficient (Wildman–Crippen LogP) is 4.20. The number of alkyl halides is 3. The van der Waals surface area contributed by atoms with E-state index in [4.69, 9.17) is 4.74 Å². The van der Waals surface area contributed by atoms with Crippen molar-refractivity contribution in [1.82, 2.24) is 9.88 Å². The highest BCUT2D eigenvalue weighted by Crippen LogP contribution is 2.35. The normalized spacial score (nSPS) is 16.4. The van der Waals surface area contributed by atoms with Gasteiger partial charge in [-0.15, -0.1) is 0 Å². The molecule has 2 rings (SSSR count). The number of carbonyl (C=O) groups excluding carboxylic acids is 1. The van der Waals surface area contributed by atoms with Crippen LogP contribution in [0.25, 0.3) is 0 Å². The molecule has 0 bridgehead atoms. The zero-order valence-corrected chi connectivity index (χ0v) is 14.0. The van der Waals surface area contributed by atoms with Gasteiger partial charge in [0.05, 0.1) is 11.3 Å². The molecule has 1 aliphatic heterocycles. The van der Waals surface area contributed by atoms with Crippen LogP contribution in [0.1, 0.15) is 37.9 Å². The summed E-state index contributed by atoms with van der Waals surface area (Å²) in [6.07, 6.45) is -4.03. The molecule has 1 aromatic heterocycles. The number of halogens is 4. The Labute approximate surface area is 134 Å². The van der Waals surface area contributed by atoms with E-state index in [0.717, 1.165) is 12.3 Å². The Kier molecular flexibility index (Phi) is 4.43. The molecule has 1 fully saturated rings. The number of hydrogen-bond acceptors (Lipinski definition) is 3. The summed E-state index contributed by atoms with van der Waals surface area (Å²) in [5.74, 6) is -0.0934. The van der Waals surface area contributed by atoms with Crippen LogP contribution in [0.2, 0.25) is 0 Å². The van der Waals surface area contributed by atoms with Crippen molar-refractivity contribution in [2.45, 2.75) is 38.5 Å². The van der Waals surface area contributed by atoms with E-state index in [-0.39, 0.29) is 5.92 Å². The number of hydrogen-bond donors (Lipinski definition) is 0. The van der Waals surface area contributed by atoms with Gasteiger partial charge in [0.2, 0.25) is 0 Å². The monoisotopic (exact) mass is 380 g/mol. The molecular formula is C14H16BrF3N2O2. The van der Waals surface area contributed by atoms with Crippen LogP contribution in [0.3, 0.4) is 0 Å². The third kappa shape index (κ3) is 3.91. The Bertz CT molecular complexity index is 578. The summed E-state index contributed by atoms with van der Waals surface area (Å²) in [5, 5.41) is 0. The number of rotatable bonds is 1. The maximum Gasteiger partial charge on any atom is 0.417 e. The van der Waals surface area contributed by atoms with Crippen molar-refractivity contribution in [1.29, 1.82) is 0 Å². The van der Waals surface area contributed by atoms with Crippen molar-refractivity contribution in [3.8, 4) is 0 Å². The molecule has 1 aromatic rings. The molecule has 8 heteroatoms. The predicted molar refractivity (Wildman–Crippen MR) is 77.5 cm³/mol. The smallest absolute Gasteiger partial charge is 0.417 e. The first kappa shape index (κ1) is 17.1. The van der Waals surface area contributed by atoms with Crippen molar-refractivity contribution in [3.63, 3.8) is 0 Å². The van der Waals surface area contributed by atoms with Crippen molar-refractivity contribution >= 4 is 22.0 Å². The highest BCUT2D eigenvalue weighted by Gasteiger charge is 2.37. The molecular weight excluding hydrogens is 365 g/mol. The second kappa shape index (κ2) is 5.72. The number of ether oxygens (including phenoxy) is 1. The van der Waals surface area contributed by atoms with Gasteiger partial charge in [-0.2, -0.15) is 13.2 Å². The lowest BCUT2D eigenvalue weighted by Gasteiger charge is -2.39. The molecule has 1 amide bonds. The van der Waals surface area contributed by atoms with Gasteiger partial charge >= 0.3 is 12.3 Å². The molecule has 0 unspecified atom stereocenters. The van der Waals surface area contributed by atoms with Crippen LogP contribution in [0.5, 0.6) is 0 Å². The van der Waals surface area contributed by atoms with Crippen molar-refractivity contribution < 1.29 is 22.7 Å². The van der Waals surface area contributed by atoms with Gasteiger partial charge in [-0.25, -0.2) is 4.79 Å². The molecule has 22 heavy (non-hydrogen) atoms. The summed E-state index contributed by atoms with van der Waals surface area (Å²) in [7, 11) is 0. The van der Waals surface area contributed by atoms with Gasteiger partial charge in [-0.1, -0.05) is 0 Å². The number of pyridine rings is 1. The van der Waals surface area contributed by atoms with Crippen LogP contribution >= 0.6 is 15.9 Å². The van der Waals surface area contributed by atoms with E-state index in [9.17, 15) is 18.0 Å². The third-order valence-electron chi connectivity index (χ3n) is 3.12. The Morgan fingerprint density at radius 2 is 1.95 bits per heavy atom. The van der Waals surface area contributed by atoms with E-state index in [2.05, 4.69) is 20.9 Å². The largest absolute Gasteiger partial charge is 0.444 e. The van der Waals surface area contributed by atoms with Crippen LogP contribution < -0.4 is 0 Å². The fraction of sp³-hybridized carbons (Fsp3) is 0.571. The Hall–Kier alpha value is -1.31. The highest BCUT2D eigenvalue weighted by molar-refractivity contribution is 9.10.